The van der Waals surface area contributed by atoms with E-state index in [1.807, 2.05) is 0 Å². The zero-order chi connectivity index (χ0) is 9.03. The molecule has 12 heavy (non-hydrogen) atoms. The van der Waals surface area contributed by atoms with Crippen molar-refractivity contribution < 1.29 is 18.1 Å². The first-order valence-electron chi connectivity index (χ1n) is 2.89. The molecule has 8 heteroatoms. The molecule has 0 N–H and O–H groups in total. The molecule has 1 rings (SSSR count). The van der Waals surface area contributed by atoms with Gasteiger partial charge in [0.05, 0.1) is 11.7 Å². The first kappa shape index (κ1) is 9.60. The topological polar surface area (TPSA) is 70.5 Å². The van der Waals surface area contributed by atoms with Gasteiger partial charge in [0.15, 0.2) is 0 Å². The SMILES string of the molecule is COP(=O)(OC)Oc1cnsn1. The van der Waals surface area contributed by atoms with Crippen molar-refractivity contribution in [1.29, 1.82) is 0 Å². The summed E-state index contributed by atoms with van der Waals surface area (Å²) in [4.78, 5) is 0. The van der Waals surface area contributed by atoms with Crippen LogP contribution in [0.15, 0.2) is 6.20 Å². The lowest BCUT2D eigenvalue weighted by Gasteiger charge is -2.10. The molecule has 0 aliphatic heterocycles. The van der Waals surface area contributed by atoms with Gasteiger partial charge in [0.25, 0.3) is 5.88 Å². The van der Waals surface area contributed by atoms with E-state index in [0.717, 1.165) is 11.7 Å². The van der Waals surface area contributed by atoms with E-state index < -0.39 is 7.82 Å². The fraction of sp³-hybridized carbons (Fsp3) is 0.500. The predicted octanol–water partition coefficient (Wildman–Crippen LogP) is 1.32. The average Bonchev–Trinajstić information content (AvgIpc) is 2.57. The molecule has 0 aliphatic carbocycles. The molecule has 0 saturated heterocycles. The first-order chi connectivity index (χ1) is 5.70. The molecular weight excluding hydrogens is 203 g/mol. The van der Waals surface area contributed by atoms with Crippen LogP contribution in [-0.2, 0) is 13.6 Å². The van der Waals surface area contributed by atoms with Crippen molar-refractivity contribution in [3.8, 4) is 5.88 Å². The summed E-state index contributed by atoms with van der Waals surface area (Å²) < 4.78 is 32.4. The van der Waals surface area contributed by atoms with Gasteiger partial charge in [-0.3, -0.25) is 9.05 Å². The highest BCUT2D eigenvalue weighted by molar-refractivity contribution is 7.48. The van der Waals surface area contributed by atoms with E-state index in [2.05, 4.69) is 17.8 Å². The Labute approximate surface area is 73.4 Å². The van der Waals surface area contributed by atoms with Crippen LogP contribution in [0.2, 0.25) is 0 Å². The zero-order valence-corrected chi connectivity index (χ0v) is 8.17. The molecule has 1 aromatic heterocycles. The summed E-state index contributed by atoms with van der Waals surface area (Å²) in [5.74, 6) is 0.132. The second-order valence-electron chi connectivity index (χ2n) is 1.65. The third kappa shape index (κ3) is 2.25. The number of phosphoric ester groups is 1. The van der Waals surface area contributed by atoms with E-state index in [0.29, 0.717) is 0 Å². The molecule has 6 nitrogen and oxygen atoms in total. The highest BCUT2D eigenvalue weighted by atomic mass is 32.1. The van der Waals surface area contributed by atoms with E-state index in [4.69, 9.17) is 4.52 Å². The summed E-state index contributed by atoms with van der Waals surface area (Å²) in [7, 11) is -1.01. The van der Waals surface area contributed by atoms with Gasteiger partial charge >= 0.3 is 7.82 Å². The standard InChI is InChI=1S/C4H7N2O4PS/c1-8-11(7,9-2)10-4-3-5-12-6-4/h3H,1-2H3. The summed E-state index contributed by atoms with van der Waals surface area (Å²) in [6.45, 7) is 0. The highest BCUT2D eigenvalue weighted by Crippen LogP contribution is 2.47. The van der Waals surface area contributed by atoms with Gasteiger partial charge in [0.1, 0.15) is 6.20 Å². The Balaban J connectivity index is 2.67. The minimum atomic E-state index is -3.47. The average molecular weight is 210 g/mol. The molecule has 0 bridgehead atoms. The fourth-order valence-corrected chi connectivity index (χ4v) is 1.48. The Kier molecular flexibility index (Phi) is 3.16. The van der Waals surface area contributed by atoms with Crippen molar-refractivity contribution >= 4 is 19.6 Å². The Morgan fingerprint density at radius 3 is 2.58 bits per heavy atom. The van der Waals surface area contributed by atoms with Gasteiger partial charge in [0.2, 0.25) is 0 Å². The van der Waals surface area contributed by atoms with Crippen LogP contribution in [0.25, 0.3) is 0 Å². The zero-order valence-electron chi connectivity index (χ0n) is 6.46. The number of nitrogens with zero attached hydrogens (tertiary/aromatic N) is 2. The Morgan fingerprint density at radius 2 is 2.17 bits per heavy atom. The summed E-state index contributed by atoms with van der Waals surface area (Å²) in [6.07, 6.45) is 1.33. The van der Waals surface area contributed by atoms with E-state index >= 15 is 0 Å². The summed E-state index contributed by atoms with van der Waals surface area (Å²) in [5, 5.41) is 0. The third-order valence-corrected chi connectivity index (χ3v) is 2.76. The Bertz CT molecular complexity index is 269. The number of hydrogen-bond donors (Lipinski definition) is 0. The van der Waals surface area contributed by atoms with Gasteiger partial charge in [-0.2, -0.15) is 4.37 Å². The molecular formula is C4H7N2O4PS. The monoisotopic (exact) mass is 210 g/mol. The molecule has 0 unspecified atom stereocenters. The second-order valence-corrected chi connectivity index (χ2v) is 4.01. The van der Waals surface area contributed by atoms with Crippen molar-refractivity contribution in [2.45, 2.75) is 0 Å². The van der Waals surface area contributed by atoms with Crippen LogP contribution >= 0.6 is 19.6 Å². The molecule has 1 heterocycles. The second kappa shape index (κ2) is 3.95. The van der Waals surface area contributed by atoms with E-state index in [1.54, 1.807) is 0 Å². The van der Waals surface area contributed by atoms with Gasteiger partial charge < -0.3 is 4.52 Å². The van der Waals surface area contributed by atoms with Crippen LogP contribution in [0.1, 0.15) is 0 Å². The van der Waals surface area contributed by atoms with Crippen LogP contribution in [0, 0.1) is 0 Å². The molecule has 0 atom stereocenters. The molecule has 0 fully saturated rings. The van der Waals surface area contributed by atoms with Crippen LogP contribution in [0.3, 0.4) is 0 Å². The van der Waals surface area contributed by atoms with E-state index in [1.165, 1.54) is 20.4 Å². The van der Waals surface area contributed by atoms with E-state index in [-0.39, 0.29) is 5.88 Å². The molecule has 0 amide bonds. The molecule has 68 valence electrons. The Hall–Kier alpha value is -0.490. The van der Waals surface area contributed by atoms with Crippen molar-refractivity contribution in [3.63, 3.8) is 0 Å². The third-order valence-electron chi connectivity index (χ3n) is 0.994. The van der Waals surface area contributed by atoms with Gasteiger partial charge in [-0.05, 0) is 0 Å². The first-order valence-corrected chi connectivity index (χ1v) is 5.08. The molecule has 0 spiro atoms. The predicted molar refractivity (Wildman–Crippen MR) is 42.2 cm³/mol. The maximum atomic E-state index is 11.3. The lowest BCUT2D eigenvalue weighted by molar-refractivity contribution is 0.209. The largest absolute Gasteiger partial charge is 0.530 e. The van der Waals surface area contributed by atoms with Gasteiger partial charge in [-0.15, -0.1) is 4.37 Å². The normalized spacial score (nSPS) is 11.5. The highest BCUT2D eigenvalue weighted by Gasteiger charge is 2.25. The lowest BCUT2D eigenvalue weighted by Crippen LogP contribution is -1.96. The summed E-state index contributed by atoms with van der Waals surface area (Å²) in [5.41, 5.74) is 0. The molecule has 0 radical (unpaired) electrons. The summed E-state index contributed by atoms with van der Waals surface area (Å²) >= 11 is 0.944. The smallest absolute Gasteiger partial charge is 0.383 e. The van der Waals surface area contributed by atoms with Gasteiger partial charge in [-0.25, -0.2) is 4.57 Å². The van der Waals surface area contributed by atoms with Gasteiger partial charge in [0, 0.05) is 14.2 Å². The number of hydrogen-bond acceptors (Lipinski definition) is 7. The minimum absolute atomic E-state index is 0.132. The van der Waals surface area contributed by atoms with Crippen molar-refractivity contribution in [2.75, 3.05) is 14.2 Å². The van der Waals surface area contributed by atoms with Crippen molar-refractivity contribution in [3.05, 3.63) is 6.20 Å². The molecule has 1 aromatic rings. The number of aromatic nitrogens is 2. The van der Waals surface area contributed by atoms with Crippen LogP contribution < -0.4 is 4.52 Å². The van der Waals surface area contributed by atoms with Crippen LogP contribution in [0.5, 0.6) is 5.88 Å². The number of phosphoric acid groups is 1. The van der Waals surface area contributed by atoms with Crippen molar-refractivity contribution in [2.24, 2.45) is 0 Å². The van der Waals surface area contributed by atoms with Crippen LogP contribution in [-0.4, -0.2) is 23.0 Å². The van der Waals surface area contributed by atoms with Gasteiger partial charge in [-0.1, -0.05) is 0 Å². The van der Waals surface area contributed by atoms with E-state index in [9.17, 15) is 4.57 Å². The number of rotatable bonds is 4. The molecule has 0 saturated carbocycles. The summed E-state index contributed by atoms with van der Waals surface area (Å²) in [6, 6.07) is 0. The molecule has 0 aliphatic rings. The maximum absolute atomic E-state index is 11.3. The quantitative estimate of drug-likeness (QED) is 0.698. The minimum Gasteiger partial charge on any atom is -0.383 e. The fourth-order valence-electron chi connectivity index (χ4n) is 0.460. The van der Waals surface area contributed by atoms with Crippen LogP contribution in [0.4, 0.5) is 0 Å². The lowest BCUT2D eigenvalue weighted by atomic mass is 10.9. The Morgan fingerprint density at radius 1 is 1.50 bits per heavy atom. The molecule has 0 aromatic carbocycles. The van der Waals surface area contributed by atoms with Crippen molar-refractivity contribution in [1.82, 2.24) is 8.75 Å². The maximum Gasteiger partial charge on any atom is 0.530 e.